The van der Waals surface area contributed by atoms with E-state index in [2.05, 4.69) is 24.3 Å². The van der Waals surface area contributed by atoms with Crippen molar-refractivity contribution in [1.29, 1.82) is 0 Å². The maximum Gasteiger partial charge on any atom is 0.335 e. The molecule has 0 spiro atoms. The molecule has 0 fully saturated rings. The molecule has 6 heteroatoms. The number of aryl methyl sites for hydroxylation is 2. The number of aliphatic hydroxyl groups excluding tert-OH is 1. The second-order valence-corrected chi connectivity index (χ2v) is 10.5. The number of benzene rings is 3. The lowest BCUT2D eigenvalue weighted by Gasteiger charge is -2.23. The van der Waals surface area contributed by atoms with Crippen LogP contribution < -0.4 is 0 Å². The zero-order chi connectivity index (χ0) is 26.5. The van der Waals surface area contributed by atoms with Crippen molar-refractivity contribution in [2.24, 2.45) is 0 Å². The number of carbonyl (C=O) groups is 2. The molecule has 0 heterocycles. The Kier molecular flexibility index (Phi) is 11.7. The Balaban J connectivity index is 1.53. The van der Waals surface area contributed by atoms with Gasteiger partial charge in [0.2, 0.25) is 0 Å². The van der Waals surface area contributed by atoms with Crippen LogP contribution >= 0.6 is 11.8 Å². The summed E-state index contributed by atoms with van der Waals surface area (Å²) in [7, 11) is 0. The molecular weight excluding hydrogens is 484 g/mol. The average Bonchev–Trinajstić information content (AvgIpc) is 2.91. The molecule has 0 amide bonds. The highest BCUT2D eigenvalue weighted by molar-refractivity contribution is 7.98. The van der Waals surface area contributed by atoms with Crippen LogP contribution in [0, 0.1) is 0 Å². The molecule has 0 aliphatic heterocycles. The van der Waals surface area contributed by atoms with Gasteiger partial charge in [-0.1, -0.05) is 92.4 Å². The second kappa shape index (κ2) is 15.2. The van der Waals surface area contributed by atoms with E-state index in [0.29, 0.717) is 5.75 Å². The number of aromatic carboxylic acids is 1. The predicted octanol–water partition coefficient (Wildman–Crippen LogP) is 6.93. The largest absolute Gasteiger partial charge is 0.479 e. The maximum absolute atomic E-state index is 11.7. The minimum absolute atomic E-state index is 0.189. The SMILES string of the molecule is O=C(O)c1cccc(CSC(c2ccccc2CCCCCCCCc2ccccc2)C(O)C(=O)O)c1. The third kappa shape index (κ3) is 9.38. The first-order valence-electron chi connectivity index (χ1n) is 12.9. The zero-order valence-electron chi connectivity index (χ0n) is 21.1. The summed E-state index contributed by atoms with van der Waals surface area (Å²) in [5.74, 6) is -1.87. The van der Waals surface area contributed by atoms with Crippen molar-refractivity contribution in [3.05, 3.63) is 107 Å². The first kappa shape index (κ1) is 28.5. The molecule has 0 bridgehead atoms. The number of rotatable bonds is 16. The Hall–Kier alpha value is -3.09. The fourth-order valence-corrected chi connectivity index (χ4v) is 5.76. The topological polar surface area (TPSA) is 94.8 Å². The van der Waals surface area contributed by atoms with Gasteiger partial charge in [0.1, 0.15) is 0 Å². The first-order chi connectivity index (χ1) is 18.0. The van der Waals surface area contributed by atoms with Crippen LogP contribution in [0.2, 0.25) is 0 Å². The fraction of sp³-hybridized carbons (Fsp3) is 0.355. The summed E-state index contributed by atoms with van der Waals surface area (Å²) < 4.78 is 0. The minimum atomic E-state index is -1.56. The van der Waals surface area contributed by atoms with Crippen molar-refractivity contribution in [3.8, 4) is 0 Å². The van der Waals surface area contributed by atoms with Crippen LogP contribution in [0.25, 0.3) is 0 Å². The van der Waals surface area contributed by atoms with Crippen molar-refractivity contribution in [2.75, 3.05) is 0 Å². The van der Waals surface area contributed by atoms with E-state index in [9.17, 15) is 24.9 Å². The van der Waals surface area contributed by atoms with E-state index in [1.54, 1.807) is 12.1 Å². The van der Waals surface area contributed by atoms with E-state index in [0.717, 1.165) is 42.4 Å². The lowest BCUT2D eigenvalue weighted by atomic mass is 9.96. The predicted molar refractivity (Wildman–Crippen MR) is 149 cm³/mol. The number of thioether (sulfide) groups is 1. The number of carboxylic acids is 2. The van der Waals surface area contributed by atoms with Crippen LogP contribution in [0.4, 0.5) is 0 Å². The molecule has 3 N–H and O–H groups in total. The molecule has 0 saturated carbocycles. The van der Waals surface area contributed by atoms with Gasteiger partial charge in [-0.3, -0.25) is 0 Å². The van der Waals surface area contributed by atoms with Gasteiger partial charge in [-0.15, -0.1) is 11.8 Å². The molecule has 196 valence electrons. The molecule has 0 aliphatic carbocycles. The molecule has 2 unspecified atom stereocenters. The van der Waals surface area contributed by atoms with Gasteiger partial charge in [0.05, 0.1) is 10.8 Å². The Bertz CT molecular complexity index is 1130. The van der Waals surface area contributed by atoms with Gasteiger partial charge >= 0.3 is 11.9 Å². The van der Waals surface area contributed by atoms with E-state index in [4.69, 9.17) is 0 Å². The molecule has 0 radical (unpaired) electrons. The van der Waals surface area contributed by atoms with E-state index in [-0.39, 0.29) is 5.56 Å². The molecule has 0 aromatic heterocycles. The fourth-order valence-electron chi connectivity index (χ4n) is 4.50. The summed E-state index contributed by atoms with van der Waals surface area (Å²) in [4.78, 5) is 23.0. The van der Waals surface area contributed by atoms with Crippen molar-refractivity contribution in [2.45, 2.75) is 68.5 Å². The third-order valence-corrected chi connectivity index (χ3v) is 7.88. The van der Waals surface area contributed by atoms with Crippen molar-refractivity contribution in [1.82, 2.24) is 0 Å². The summed E-state index contributed by atoms with van der Waals surface area (Å²) in [6, 6.07) is 24.9. The first-order valence-corrected chi connectivity index (χ1v) is 14.0. The molecule has 2 atom stereocenters. The summed E-state index contributed by atoms with van der Waals surface area (Å²) in [5, 5.41) is 28.7. The van der Waals surface area contributed by atoms with E-state index in [1.807, 2.05) is 36.4 Å². The van der Waals surface area contributed by atoms with Crippen LogP contribution in [0.5, 0.6) is 0 Å². The number of carboxylic acid groups (broad SMARTS) is 2. The van der Waals surface area contributed by atoms with Crippen LogP contribution in [0.15, 0.2) is 78.9 Å². The van der Waals surface area contributed by atoms with Gasteiger partial charge in [-0.2, -0.15) is 0 Å². The number of hydrogen-bond donors (Lipinski definition) is 3. The molecule has 3 aromatic rings. The molecule has 0 saturated heterocycles. The number of aliphatic hydroxyl groups is 1. The molecule has 5 nitrogen and oxygen atoms in total. The van der Waals surface area contributed by atoms with Crippen LogP contribution in [-0.4, -0.2) is 33.4 Å². The summed E-state index contributed by atoms with van der Waals surface area (Å²) in [5.41, 5.74) is 4.25. The molecule has 3 rings (SSSR count). The van der Waals surface area contributed by atoms with Gasteiger partial charge < -0.3 is 15.3 Å². The lowest BCUT2D eigenvalue weighted by Crippen LogP contribution is -2.26. The summed E-state index contributed by atoms with van der Waals surface area (Å²) in [6.07, 6.45) is 7.33. The monoisotopic (exact) mass is 520 g/mol. The summed E-state index contributed by atoms with van der Waals surface area (Å²) >= 11 is 1.33. The number of unbranched alkanes of at least 4 members (excludes halogenated alkanes) is 5. The van der Waals surface area contributed by atoms with Crippen LogP contribution in [0.3, 0.4) is 0 Å². The highest BCUT2D eigenvalue weighted by atomic mass is 32.2. The van der Waals surface area contributed by atoms with Gasteiger partial charge in [-0.05, 0) is 60.1 Å². The smallest absolute Gasteiger partial charge is 0.335 e. The Labute approximate surface area is 223 Å². The number of aliphatic carboxylic acids is 1. The van der Waals surface area contributed by atoms with Crippen LogP contribution in [0.1, 0.15) is 76.4 Å². The van der Waals surface area contributed by atoms with Gasteiger partial charge in [0.25, 0.3) is 0 Å². The molecular formula is C31H36O5S. The van der Waals surface area contributed by atoms with Crippen molar-refractivity contribution in [3.63, 3.8) is 0 Å². The quantitative estimate of drug-likeness (QED) is 0.177. The Morgan fingerprint density at radius 1 is 0.703 bits per heavy atom. The zero-order valence-corrected chi connectivity index (χ0v) is 21.9. The van der Waals surface area contributed by atoms with Crippen LogP contribution in [-0.2, 0) is 23.4 Å². The van der Waals surface area contributed by atoms with Gasteiger partial charge in [0.15, 0.2) is 6.10 Å². The second-order valence-electron chi connectivity index (χ2n) is 9.33. The third-order valence-electron chi connectivity index (χ3n) is 6.51. The number of hydrogen-bond acceptors (Lipinski definition) is 4. The van der Waals surface area contributed by atoms with Crippen molar-refractivity contribution < 1.29 is 24.9 Å². The van der Waals surface area contributed by atoms with E-state index in [1.165, 1.54) is 49.1 Å². The molecule has 3 aromatic carbocycles. The normalized spacial score (nSPS) is 12.7. The van der Waals surface area contributed by atoms with E-state index >= 15 is 0 Å². The minimum Gasteiger partial charge on any atom is -0.479 e. The molecule has 0 aliphatic rings. The highest BCUT2D eigenvalue weighted by Crippen LogP contribution is 2.37. The summed E-state index contributed by atoms with van der Waals surface area (Å²) in [6.45, 7) is 0. The molecule has 37 heavy (non-hydrogen) atoms. The highest BCUT2D eigenvalue weighted by Gasteiger charge is 2.29. The van der Waals surface area contributed by atoms with E-state index < -0.39 is 23.3 Å². The maximum atomic E-state index is 11.7. The Morgan fingerprint density at radius 3 is 2.03 bits per heavy atom. The standard InChI is InChI=1S/C31H36O5S/c32-28(31(35)36)29(37-22-24-16-12-19-26(21-24)30(33)34)27-20-11-10-18-25(27)17-9-4-2-1-3-6-13-23-14-7-5-8-15-23/h5,7-8,10-12,14-16,18-21,28-29,32H,1-4,6,9,13,17,22H2,(H,33,34)(H,35,36). The van der Waals surface area contributed by atoms with Gasteiger partial charge in [0, 0.05) is 5.75 Å². The lowest BCUT2D eigenvalue weighted by molar-refractivity contribution is -0.146. The van der Waals surface area contributed by atoms with Gasteiger partial charge in [-0.25, -0.2) is 9.59 Å². The van der Waals surface area contributed by atoms with Crippen molar-refractivity contribution >= 4 is 23.7 Å². The Morgan fingerprint density at radius 2 is 1.32 bits per heavy atom. The average molecular weight is 521 g/mol.